The van der Waals surface area contributed by atoms with Crippen molar-refractivity contribution in [1.82, 2.24) is 0 Å². The highest BCUT2D eigenvalue weighted by atomic mass is 79.9. The number of halogens is 2. The molecule has 0 aliphatic heterocycles. The second kappa shape index (κ2) is 4.69. The molecule has 0 aromatic heterocycles. The summed E-state index contributed by atoms with van der Waals surface area (Å²) in [6.07, 6.45) is 0.933. The Morgan fingerprint density at radius 2 is 2.12 bits per heavy atom. The van der Waals surface area contributed by atoms with Crippen molar-refractivity contribution < 1.29 is 14.0 Å². The number of Topliss-reactive ketones (excluding diaryl/α,β-unsaturated/α-hetero) is 2. The molecule has 0 amide bonds. The van der Waals surface area contributed by atoms with E-state index in [1.54, 1.807) is 6.07 Å². The zero-order chi connectivity index (χ0) is 12.6. The molecule has 0 unspecified atom stereocenters. The maximum Gasteiger partial charge on any atom is 0.141 e. The molecule has 0 N–H and O–H groups in total. The van der Waals surface area contributed by atoms with Crippen molar-refractivity contribution in [3.8, 4) is 0 Å². The van der Waals surface area contributed by atoms with Gasteiger partial charge in [0.05, 0.1) is 0 Å². The number of hydrogen-bond donors (Lipinski definition) is 0. The highest BCUT2D eigenvalue weighted by Gasteiger charge is 2.45. The predicted molar refractivity (Wildman–Crippen MR) is 65.1 cm³/mol. The molecule has 17 heavy (non-hydrogen) atoms. The highest BCUT2D eigenvalue weighted by Crippen LogP contribution is 2.40. The molecule has 1 aromatic carbocycles. The van der Waals surface area contributed by atoms with Crippen LogP contribution in [0.4, 0.5) is 4.39 Å². The average Bonchev–Trinajstić information content (AvgIpc) is 3.01. The standard InChI is InChI=1S/C13H12BrFO2/c1-7(16)10-6-11(10)13(17)4-8-2-3-9(15)5-12(8)14/h2-3,5,10-11H,4,6H2,1H3/t10-,11+/m1/s1. The van der Waals surface area contributed by atoms with E-state index < -0.39 is 0 Å². The van der Waals surface area contributed by atoms with E-state index >= 15 is 0 Å². The van der Waals surface area contributed by atoms with Crippen LogP contribution in [0.25, 0.3) is 0 Å². The van der Waals surface area contributed by atoms with Crippen molar-refractivity contribution >= 4 is 27.5 Å². The lowest BCUT2D eigenvalue weighted by Gasteiger charge is -2.03. The van der Waals surface area contributed by atoms with Crippen LogP contribution in [0.2, 0.25) is 0 Å². The summed E-state index contributed by atoms with van der Waals surface area (Å²) in [5.74, 6) is -0.383. The zero-order valence-electron chi connectivity index (χ0n) is 9.37. The second-order valence-electron chi connectivity index (χ2n) is 4.44. The van der Waals surface area contributed by atoms with E-state index in [1.807, 2.05) is 0 Å². The first-order valence-corrected chi connectivity index (χ1v) is 6.25. The first-order chi connectivity index (χ1) is 7.99. The van der Waals surface area contributed by atoms with Crippen LogP contribution in [0.5, 0.6) is 0 Å². The van der Waals surface area contributed by atoms with Crippen LogP contribution in [-0.4, -0.2) is 11.6 Å². The third kappa shape index (κ3) is 2.80. The minimum atomic E-state index is -0.332. The molecule has 1 aliphatic carbocycles. The summed E-state index contributed by atoms with van der Waals surface area (Å²) in [7, 11) is 0. The summed E-state index contributed by atoms with van der Waals surface area (Å²) in [5.41, 5.74) is 0.769. The van der Waals surface area contributed by atoms with E-state index in [1.165, 1.54) is 19.1 Å². The summed E-state index contributed by atoms with van der Waals surface area (Å²) >= 11 is 3.23. The van der Waals surface area contributed by atoms with E-state index in [4.69, 9.17) is 0 Å². The van der Waals surface area contributed by atoms with E-state index in [0.29, 0.717) is 10.9 Å². The summed E-state index contributed by atoms with van der Waals surface area (Å²) < 4.78 is 13.5. The summed E-state index contributed by atoms with van der Waals surface area (Å²) in [4.78, 5) is 22.9. The molecule has 0 spiro atoms. The monoisotopic (exact) mass is 298 g/mol. The lowest BCUT2D eigenvalue weighted by atomic mass is 10.0. The Morgan fingerprint density at radius 3 is 2.65 bits per heavy atom. The first-order valence-electron chi connectivity index (χ1n) is 5.46. The van der Waals surface area contributed by atoms with Crippen LogP contribution in [-0.2, 0) is 16.0 Å². The number of benzene rings is 1. The number of hydrogen-bond acceptors (Lipinski definition) is 2. The van der Waals surface area contributed by atoms with Crippen LogP contribution < -0.4 is 0 Å². The molecule has 4 heteroatoms. The fraction of sp³-hybridized carbons (Fsp3) is 0.385. The summed E-state index contributed by atoms with van der Waals surface area (Å²) in [6.45, 7) is 1.52. The number of carbonyl (C=O) groups excluding carboxylic acids is 2. The molecule has 0 heterocycles. The normalized spacial score (nSPS) is 22.3. The Hall–Kier alpha value is -1.03. The van der Waals surface area contributed by atoms with Gasteiger partial charge in [0.2, 0.25) is 0 Å². The Bertz CT molecular complexity index is 484. The molecule has 1 fully saturated rings. The van der Waals surface area contributed by atoms with E-state index in [9.17, 15) is 14.0 Å². The van der Waals surface area contributed by atoms with Gasteiger partial charge in [-0.05, 0) is 31.0 Å². The quantitative estimate of drug-likeness (QED) is 0.856. The van der Waals surface area contributed by atoms with Gasteiger partial charge >= 0.3 is 0 Å². The minimum absolute atomic E-state index is 0.0671. The predicted octanol–water partition coefficient (Wildman–Crippen LogP) is 2.92. The van der Waals surface area contributed by atoms with Gasteiger partial charge in [0.15, 0.2) is 0 Å². The topological polar surface area (TPSA) is 34.1 Å². The van der Waals surface area contributed by atoms with Crippen LogP contribution >= 0.6 is 15.9 Å². The third-order valence-electron chi connectivity index (χ3n) is 3.11. The number of ketones is 2. The molecule has 2 atom stereocenters. The maximum atomic E-state index is 12.9. The Morgan fingerprint density at radius 1 is 1.41 bits per heavy atom. The molecule has 0 bridgehead atoms. The molecule has 1 saturated carbocycles. The van der Waals surface area contributed by atoms with Gasteiger partial charge in [-0.3, -0.25) is 9.59 Å². The van der Waals surface area contributed by atoms with Crippen LogP contribution in [0.1, 0.15) is 18.9 Å². The smallest absolute Gasteiger partial charge is 0.141 e. The lowest BCUT2D eigenvalue weighted by Crippen LogP contribution is -2.09. The molecule has 2 nitrogen and oxygen atoms in total. The van der Waals surface area contributed by atoms with Gasteiger partial charge in [0.25, 0.3) is 0 Å². The van der Waals surface area contributed by atoms with Crippen LogP contribution in [0.3, 0.4) is 0 Å². The van der Waals surface area contributed by atoms with Gasteiger partial charge in [-0.2, -0.15) is 0 Å². The molecular weight excluding hydrogens is 287 g/mol. The van der Waals surface area contributed by atoms with Crippen molar-refractivity contribution in [2.24, 2.45) is 11.8 Å². The number of carbonyl (C=O) groups is 2. The van der Waals surface area contributed by atoms with Crippen molar-refractivity contribution in [3.63, 3.8) is 0 Å². The minimum Gasteiger partial charge on any atom is -0.300 e. The van der Waals surface area contributed by atoms with Crippen LogP contribution in [0.15, 0.2) is 22.7 Å². The van der Waals surface area contributed by atoms with Crippen molar-refractivity contribution in [3.05, 3.63) is 34.1 Å². The Labute approximate surface area is 107 Å². The average molecular weight is 299 g/mol. The van der Waals surface area contributed by atoms with Gasteiger partial charge in [0, 0.05) is 22.7 Å². The van der Waals surface area contributed by atoms with Gasteiger partial charge in [-0.1, -0.05) is 22.0 Å². The molecule has 0 radical (unpaired) electrons. The number of rotatable bonds is 4. The summed E-state index contributed by atoms with van der Waals surface area (Å²) in [5, 5.41) is 0. The SMILES string of the molecule is CC(=O)[C@H]1C[C@@H]1C(=O)Cc1ccc(F)cc1Br. The zero-order valence-corrected chi connectivity index (χ0v) is 11.0. The molecule has 2 rings (SSSR count). The molecule has 1 aromatic rings. The van der Waals surface area contributed by atoms with Crippen molar-refractivity contribution in [2.45, 2.75) is 19.8 Å². The van der Waals surface area contributed by atoms with Gasteiger partial charge < -0.3 is 0 Å². The molecule has 0 saturated heterocycles. The Balaban J connectivity index is 2.02. The Kier molecular flexibility index (Phi) is 3.43. The summed E-state index contributed by atoms with van der Waals surface area (Å²) in [6, 6.07) is 4.28. The fourth-order valence-corrected chi connectivity index (χ4v) is 2.48. The first kappa shape index (κ1) is 12.4. The third-order valence-corrected chi connectivity index (χ3v) is 3.84. The van der Waals surface area contributed by atoms with Gasteiger partial charge in [-0.25, -0.2) is 4.39 Å². The van der Waals surface area contributed by atoms with E-state index in [-0.39, 0.29) is 35.6 Å². The highest BCUT2D eigenvalue weighted by molar-refractivity contribution is 9.10. The molecule has 1 aliphatic rings. The van der Waals surface area contributed by atoms with Gasteiger partial charge in [0.1, 0.15) is 17.4 Å². The largest absolute Gasteiger partial charge is 0.300 e. The molecule has 90 valence electrons. The molecular formula is C13H12BrFO2. The van der Waals surface area contributed by atoms with E-state index in [2.05, 4.69) is 15.9 Å². The fourth-order valence-electron chi connectivity index (χ4n) is 1.98. The lowest BCUT2D eigenvalue weighted by molar-refractivity contribution is -0.123. The van der Waals surface area contributed by atoms with Crippen molar-refractivity contribution in [1.29, 1.82) is 0 Å². The second-order valence-corrected chi connectivity index (χ2v) is 5.29. The van der Waals surface area contributed by atoms with Gasteiger partial charge in [-0.15, -0.1) is 0 Å². The van der Waals surface area contributed by atoms with Crippen LogP contribution in [0, 0.1) is 17.7 Å². The van der Waals surface area contributed by atoms with E-state index in [0.717, 1.165) is 5.56 Å². The van der Waals surface area contributed by atoms with Crippen molar-refractivity contribution in [2.75, 3.05) is 0 Å². The maximum absolute atomic E-state index is 12.9.